The third-order valence-corrected chi connectivity index (χ3v) is 18.7. The van der Waals surface area contributed by atoms with Crippen molar-refractivity contribution in [1.82, 2.24) is 74.0 Å². The minimum atomic E-state index is -0.748. The molecule has 0 saturated carbocycles. The number of aromatic nitrogens is 11. The Hall–Kier alpha value is -11.2. The molecule has 0 amide bonds. The molecule has 3 aliphatic rings. The summed E-state index contributed by atoms with van der Waals surface area (Å²) < 4.78 is 52.0. The van der Waals surface area contributed by atoms with Crippen molar-refractivity contribution >= 4 is 135 Å². The molecule has 3 N–H and O–H groups in total. The average molecular weight is 1590 g/mol. The molecule has 0 spiro atoms. The number of benzene rings is 4. The van der Waals surface area contributed by atoms with E-state index in [0.717, 1.165) is 93.7 Å². The SMILES string of the molecule is CN1CCN(c2ccc3cc(-c4cn5nc(Cl)ccc5n4)c(=O)oc3c2)CC1.CN1CCN(c2ccc3cc(-c4cn5ncccc5n4)c(=O)oc3c2)CC1.CN1CCNCC1.Nc1ccc(Cl)nn1.O=C(CBr)c1cc2ccc(F)cc2oc1=O.O=c1oc2cc(F)ccc2cc1-c1cn2nc(Cl)ccc2n1. The van der Waals surface area contributed by atoms with Crippen molar-refractivity contribution in [2.24, 2.45) is 0 Å². The normalized spacial score (nSPS) is 14.2. The second-order valence-electron chi connectivity index (χ2n) is 25.2. The van der Waals surface area contributed by atoms with Crippen molar-refractivity contribution in [2.45, 2.75) is 0 Å². The van der Waals surface area contributed by atoms with E-state index in [1.165, 1.54) is 47.9 Å². The van der Waals surface area contributed by atoms with E-state index in [1.807, 2.05) is 48.5 Å². The van der Waals surface area contributed by atoms with E-state index in [9.17, 15) is 32.8 Å². The predicted octanol–water partition coefficient (Wildman–Crippen LogP) is 11.2. The van der Waals surface area contributed by atoms with Gasteiger partial charge in [-0.3, -0.25) is 4.79 Å². The molecule has 108 heavy (non-hydrogen) atoms. The number of nitrogens with one attached hydrogen (secondary N) is 1. The number of nitrogens with two attached hydrogens (primary N) is 1. The minimum absolute atomic E-state index is 0.0315. The van der Waals surface area contributed by atoms with Crippen molar-refractivity contribution in [3.63, 3.8) is 0 Å². The summed E-state index contributed by atoms with van der Waals surface area (Å²) in [6.45, 7) is 12.7. The van der Waals surface area contributed by atoms with Crippen molar-refractivity contribution in [2.75, 3.05) is 121 Å². The maximum atomic E-state index is 13.2. The highest BCUT2D eigenvalue weighted by Gasteiger charge is 2.21. The van der Waals surface area contributed by atoms with E-state index in [4.69, 9.17) is 58.2 Å². The van der Waals surface area contributed by atoms with Gasteiger partial charge in [0.1, 0.15) is 55.7 Å². The summed E-state index contributed by atoms with van der Waals surface area (Å²) in [5, 5.41) is 26.6. The average Bonchev–Trinajstić information content (AvgIpc) is 1.51. The lowest BCUT2D eigenvalue weighted by atomic mass is 10.1. The molecule has 0 aliphatic carbocycles. The molecule has 0 atom stereocenters. The Labute approximate surface area is 635 Å². The molecule has 0 radical (unpaired) electrons. The zero-order valence-electron chi connectivity index (χ0n) is 58.0. The summed E-state index contributed by atoms with van der Waals surface area (Å²) in [4.78, 5) is 84.9. The standard InChI is InChI=1S/C20H18ClN5O2.C20H19N5O2.C15H7ClFN3O2.C11H6BrFO3.C5H12N2.C4H4ClN3/c1-24-6-8-25(9-7-24)14-3-2-13-10-15(20(27)28-17(13)11-14)16-12-26-19(22-16)5-4-18(21)23-26;1-23-7-9-24(10-8-23)15-5-4-14-11-16(20(26)27-18(14)12-15)17-13-25-19(22-17)3-2-6-21-25;16-13-3-4-14-18-11(7-20(14)19-13)10-5-8-1-2-9(17)6-12(8)22-15(10)21;12-5-9(14)8-3-6-1-2-7(13)4-10(6)16-11(8)15;1-7-4-2-6-3-5-7;5-3-1-2-4(6)8-7-3/h2-5,10-12H,6-9H2,1H3;2-6,11-13H,7-10H2,1H3;1-7H;1-4H,5H2;6H,2-5H2,1H3;1-2H,(H2,6,8). The molecule has 11 aromatic heterocycles. The van der Waals surface area contributed by atoms with E-state index in [2.05, 4.69) is 119 Å². The van der Waals surface area contributed by atoms with Gasteiger partial charge in [-0.1, -0.05) is 50.7 Å². The zero-order chi connectivity index (χ0) is 75.7. The first-order valence-electron chi connectivity index (χ1n) is 33.7. The Morgan fingerprint density at radius 2 is 0.880 bits per heavy atom. The van der Waals surface area contributed by atoms with Gasteiger partial charge in [0.05, 0.1) is 57.7 Å². The van der Waals surface area contributed by atoms with Crippen LogP contribution in [0.3, 0.4) is 0 Å². The fourth-order valence-corrected chi connectivity index (χ4v) is 12.4. The van der Waals surface area contributed by atoms with Gasteiger partial charge < -0.3 is 53.2 Å². The van der Waals surface area contributed by atoms with E-state index >= 15 is 0 Å². The number of ketones is 1. The number of carbonyl (C=O) groups is 1. The molecule has 3 fully saturated rings. The second kappa shape index (κ2) is 33.7. The predicted molar refractivity (Wildman–Crippen MR) is 415 cm³/mol. The third kappa shape index (κ3) is 18.2. The number of hydrogen-bond donors (Lipinski definition) is 2. The summed E-state index contributed by atoms with van der Waals surface area (Å²) in [6.07, 6.45) is 6.69. The monoisotopic (exact) mass is 1580 g/mol. The topological polar surface area (TPSA) is 309 Å². The highest BCUT2D eigenvalue weighted by atomic mass is 79.9. The Morgan fingerprint density at radius 3 is 1.30 bits per heavy atom. The summed E-state index contributed by atoms with van der Waals surface area (Å²) in [5.74, 6) is -0.931. The number of hydrogen-bond acceptors (Lipinski definition) is 24. The number of piperazine rings is 3. The van der Waals surface area contributed by atoms with Crippen LogP contribution in [0.5, 0.6) is 0 Å². The highest BCUT2D eigenvalue weighted by molar-refractivity contribution is 9.09. The third-order valence-electron chi connectivity index (χ3n) is 17.6. The molecule has 27 nitrogen and oxygen atoms in total. The first kappa shape index (κ1) is 75.0. The number of anilines is 3. The van der Waals surface area contributed by atoms with Crippen LogP contribution < -0.4 is 43.4 Å². The molecule has 0 bridgehead atoms. The van der Waals surface area contributed by atoms with Gasteiger partial charge in [-0.15, -0.1) is 10.2 Å². The number of fused-ring (bicyclic) bond motifs is 7. The largest absolute Gasteiger partial charge is 0.422 e. The quantitative estimate of drug-likeness (QED) is 0.0851. The number of imidazole rings is 3. The van der Waals surface area contributed by atoms with Gasteiger partial charge in [-0.2, -0.15) is 15.3 Å². The first-order valence-corrected chi connectivity index (χ1v) is 36.0. The summed E-state index contributed by atoms with van der Waals surface area (Å²) in [7, 11) is 6.41. The van der Waals surface area contributed by atoms with Gasteiger partial charge in [-0.05, 0) is 142 Å². The van der Waals surface area contributed by atoms with Gasteiger partial charge in [-0.25, -0.2) is 56.5 Å². The molecule has 18 rings (SSSR count). The molecule has 14 heterocycles. The maximum absolute atomic E-state index is 13.2. The van der Waals surface area contributed by atoms with Crippen molar-refractivity contribution < 1.29 is 31.2 Å². The Kier molecular flexibility index (Phi) is 23.4. The zero-order valence-corrected chi connectivity index (χ0v) is 61.9. The Balaban J connectivity index is 0.000000121. The number of nitrogens with zero attached hydrogens (tertiary/aromatic N) is 16. The van der Waals surface area contributed by atoms with E-state index in [-0.39, 0.29) is 39.0 Å². The van der Waals surface area contributed by atoms with Crippen molar-refractivity contribution in [3.05, 3.63) is 245 Å². The van der Waals surface area contributed by atoms with Crippen LogP contribution in [0.25, 0.3) is 94.6 Å². The van der Waals surface area contributed by atoms with Crippen LogP contribution in [0.1, 0.15) is 10.4 Å². The first-order chi connectivity index (χ1) is 52.1. The molecule has 4 aromatic carbocycles. The van der Waals surface area contributed by atoms with Crippen LogP contribution in [0.15, 0.2) is 207 Å². The summed E-state index contributed by atoms with van der Waals surface area (Å²) >= 11 is 20.1. The van der Waals surface area contributed by atoms with Crippen LogP contribution in [0.2, 0.25) is 15.5 Å². The van der Waals surface area contributed by atoms with E-state index in [0.29, 0.717) is 88.4 Å². The smallest absolute Gasteiger partial charge is 0.347 e. The van der Waals surface area contributed by atoms with Crippen LogP contribution in [0, 0.1) is 11.6 Å². The Bertz CT molecular complexity index is 5990. The molecule has 15 aromatic rings. The molecular weight excluding hydrogens is 1520 g/mol. The van der Waals surface area contributed by atoms with Gasteiger partial charge in [0.25, 0.3) is 0 Å². The molecule has 552 valence electrons. The lowest BCUT2D eigenvalue weighted by molar-refractivity contribution is 0.102. The lowest BCUT2D eigenvalue weighted by Gasteiger charge is -2.34. The van der Waals surface area contributed by atoms with Crippen LogP contribution >= 0.6 is 50.7 Å². The van der Waals surface area contributed by atoms with Crippen LogP contribution in [-0.2, 0) is 0 Å². The fraction of sp³-hybridized carbons (Fsp3) is 0.213. The highest BCUT2D eigenvalue weighted by Crippen LogP contribution is 2.29. The fourth-order valence-electron chi connectivity index (χ4n) is 11.7. The maximum Gasteiger partial charge on any atom is 0.347 e. The van der Waals surface area contributed by atoms with Gasteiger partial charge >= 0.3 is 22.5 Å². The van der Waals surface area contributed by atoms with Crippen LogP contribution in [0.4, 0.5) is 26.0 Å². The summed E-state index contributed by atoms with van der Waals surface area (Å²) in [5.41, 5.74) is 11.2. The van der Waals surface area contributed by atoms with Crippen LogP contribution in [-0.4, -0.2) is 179 Å². The number of alkyl halides is 1. The molecule has 3 saturated heterocycles. The van der Waals surface area contributed by atoms with Crippen molar-refractivity contribution in [1.29, 1.82) is 0 Å². The number of rotatable bonds is 7. The molecule has 0 unspecified atom stereocenters. The van der Waals surface area contributed by atoms with E-state index in [1.54, 1.807) is 82.3 Å². The number of Topliss-reactive ketones (excluding diaryl/α,β-unsaturated/α-hetero) is 1. The number of likely N-dealkylation sites (N-methyl/N-ethyl adjacent to an activating group) is 3. The van der Waals surface area contributed by atoms with E-state index < -0.39 is 28.5 Å². The van der Waals surface area contributed by atoms with Gasteiger partial charge in [0.2, 0.25) is 0 Å². The molecule has 33 heteroatoms. The Morgan fingerprint density at radius 1 is 0.472 bits per heavy atom. The minimum Gasteiger partial charge on any atom is -0.422 e. The number of halogens is 6. The lowest BCUT2D eigenvalue weighted by Crippen LogP contribution is -2.44. The van der Waals surface area contributed by atoms with Gasteiger partial charge in [0.15, 0.2) is 27.9 Å². The molecular formula is C75H66BrCl3F2N18O9. The summed E-state index contributed by atoms with van der Waals surface area (Å²) in [6, 6.07) is 40.1. The van der Waals surface area contributed by atoms with Gasteiger partial charge in [0, 0.05) is 142 Å². The second-order valence-corrected chi connectivity index (χ2v) is 26.9. The number of nitrogen functional groups attached to an aromatic ring is 1. The number of carbonyl (C=O) groups excluding carboxylic acids is 1. The molecule has 3 aliphatic heterocycles. The van der Waals surface area contributed by atoms with Crippen molar-refractivity contribution in [3.8, 4) is 33.8 Å².